The Balaban J connectivity index is 1.49. The predicted octanol–water partition coefficient (Wildman–Crippen LogP) is 3.52. The maximum absolute atomic E-state index is 13.1. The van der Waals surface area contributed by atoms with E-state index in [-0.39, 0.29) is 17.3 Å². The van der Waals surface area contributed by atoms with Crippen molar-refractivity contribution < 1.29 is 22.7 Å². The summed E-state index contributed by atoms with van der Waals surface area (Å²) in [6.45, 7) is 3.24. The number of carbonyl (C=O) groups excluding carboxylic acids is 1. The van der Waals surface area contributed by atoms with Crippen molar-refractivity contribution in [2.75, 3.05) is 20.3 Å². The van der Waals surface area contributed by atoms with Gasteiger partial charge in [-0.15, -0.1) is 0 Å². The monoisotopic (exact) mass is 466 g/mol. The molecule has 0 saturated heterocycles. The van der Waals surface area contributed by atoms with Crippen molar-refractivity contribution in [3.8, 4) is 11.5 Å². The van der Waals surface area contributed by atoms with Crippen LogP contribution in [0, 0.1) is 6.92 Å². The SMILES string of the molecule is Cc1ccc(C(=O)N(C)Cc2ccc3c(c2)OCCO3)cc1S(=O)(=O)NCc1ccccc1. The molecule has 0 atom stereocenters. The first kappa shape index (κ1) is 22.8. The molecule has 8 heteroatoms. The molecular formula is C25H26N2O5S. The van der Waals surface area contributed by atoms with E-state index in [1.807, 2.05) is 48.5 Å². The topological polar surface area (TPSA) is 84.9 Å². The zero-order valence-corrected chi connectivity index (χ0v) is 19.4. The Morgan fingerprint density at radius 2 is 1.67 bits per heavy atom. The molecule has 0 aliphatic carbocycles. The molecule has 1 amide bonds. The average Bonchev–Trinajstić information content (AvgIpc) is 2.83. The molecule has 3 aromatic rings. The van der Waals surface area contributed by atoms with Crippen LogP contribution in [0.3, 0.4) is 0 Å². The lowest BCUT2D eigenvalue weighted by molar-refractivity contribution is 0.0784. The minimum Gasteiger partial charge on any atom is -0.486 e. The molecule has 33 heavy (non-hydrogen) atoms. The van der Waals surface area contributed by atoms with Crippen molar-refractivity contribution >= 4 is 15.9 Å². The summed E-state index contributed by atoms with van der Waals surface area (Å²) in [5.74, 6) is 1.08. The first-order valence-electron chi connectivity index (χ1n) is 10.6. The van der Waals surface area contributed by atoms with E-state index in [9.17, 15) is 13.2 Å². The highest BCUT2D eigenvalue weighted by molar-refractivity contribution is 7.89. The first-order chi connectivity index (χ1) is 15.8. The number of nitrogens with zero attached hydrogens (tertiary/aromatic N) is 1. The highest BCUT2D eigenvalue weighted by Gasteiger charge is 2.21. The number of rotatable bonds is 7. The third-order valence-corrected chi connectivity index (χ3v) is 6.95. The second kappa shape index (κ2) is 9.64. The van der Waals surface area contributed by atoms with Gasteiger partial charge in [-0.05, 0) is 47.9 Å². The van der Waals surface area contributed by atoms with Crippen LogP contribution in [-0.2, 0) is 23.1 Å². The van der Waals surface area contributed by atoms with Crippen LogP contribution in [0.25, 0.3) is 0 Å². The second-order valence-corrected chi connectivity index (χ2v) is 9.67. The molecule has 1 heterocycles. The molecule has 172 valence electrons. The summed E-state index contributed by atoms with van der Waals surface area (Å²) in [5, 5.41) is 0. The van der Waals surface area contributed by atoms with Gasteiger partial charge in [0.25, 0.3) is 5.91 Å². The van der Waals surface area contributed by atoms with Gasteiger partial charge < -0.3 is 14.4 Å². The largest absolute Gasteiger partial charge is 0.486 e. The molecule has 1 N–H and O–H groups in total. The molecule has 0 aromatic heterocycles. The van der Waals surface area contributed by atoms with Crippen LogP contribution in [0.1, 0.15) is 27.0 Å². The molecule has 0 spiro atoms. The van der Waals surface area contributed by atoms with Gasteiger partial charge >= 0.3 is 0 Å². The van der Waals surface area contributed by atoms with Crippen LogP contribution in [0.5, 0.6) is 11.5 Å². The highest BCUT2D eigenvalue weighted by Crippen LogP contribution is 2.31. The number of benzene rings is 3. The number of amides is 1. The van der Waals surface area contributed by atoms with Crippen molar-refractivity contribution in [3.05, 3.63) is 89.0 Å². The smallest absolute Gasteiger partial charge is 0.253 e. The van der Waals surface area contributed by atoms with E-state index < -0.39 is 10.0 Å². The fraction of sp³-hybridized carbons (Fsp3) is 0.240. The van der Waals surface area contributed by atoms with Crippen LogP contribution in [0.2, 0.25) is 0 Å². The van der Waals surface area contributed by atoms with E-state index in [0.717, 1.165) is 11.1 Å². The molecule has 7 nitrogen and oxygen atoms in total. The molecule has 0 unspecified atom stereocenters. The van der Waals surface area contributed by atoms with Crippen molar-refractivity contribution in [1.29, 1.82) is 0 Å². The Labute approximate surface area is 194 Å². The van der Waals surface area contributed by atoms with Crippen molar-refractivity contribution in [2.45, 2.75) is 24.9 Å². The molecule has 1 aliphatic heterocycles. The average molecular weight is 467 g/mol. The lowest BCUT2D eigenvalue weighted by Gasteiger charge is -2.21. The van der Waals surface area contributed by atoms with Gasteiger partial charge in [-0.25, -0.2) is 13.1 Å². The number of nitrogens with one attached hydrogen (secondary N) is 1. The number of ether oxygens (including phenoxy) is 2. The summed E-state index contributed by atoms with van der Waals surface area (Å²) in [7, 11) is -2.11. The fourth-order valence-corrected chi connectivity index (χ4v) is 4.91. The van der Waals surface area contributed by atoms with E-state index in [2.05, 4.69) is 4.72 Å². The second-order valence-electron chi connectivity index (χ2n) is 7.93. The van der Waals surface area contributed by atoms with Crippen molar-refractivity contribution in [1.82, 2.24) is 9.62 Å². The summed E-state index contributed by atoms with van der Waals surface area (Å²) in [5.41, 5.74) is 2.62. The number of aryl methyl sites for hydroxylation is 1. The molecule has 4 rings (SSSR count). The van der Waals surface area contributed by atoms with Gasteiger partial charge in [-0.3, -0.25) is 4.79 Å². The molecule has 0 fully saturated rings. The number of hydrogen-bond donors (Lipinski definition) is 1. The Bertz CT molecular complexity index is 1260. The minimum absolute atomic E-state index is 0.0945. The van der Waals surface area contributed by atoms with Crippen LogP contribution >= 0.6 is 0 Å². The Hall–Kier alpha value is -3.36. The minimum atomic E-state index is -3.79. The third-order valence-electron chi connectivity index (χ3n) is 5.41. The van der Waals surface area contributed by atoms with Gasteiger partial charge in [-0.2, -0.15) is 0 Å². The molecule has 0 radical (unpaired) electrons. The summed E-state index contributed by atoms with van der Waals surface area (Å²) in [6.07, 6.45) is 0. The fourth-order valence-electron chi connectivity index (χ4n) is 3.63. The van der Waals surface area contributed by atoms with E-state index in [4.69, 9.17) is 9.47 Å². The van der Waals surface area contributed by atoms with Crippen LogP contribution < -0.4 is 14.2 Å². The predicted molar refractivity (Wildman–Crippen MR) is 125 cm³/mol. The van der Waals surface area contributed by atoms with Crippen LogP contribution in [0.15, 0.2) is 71.6 Å². The van der Waals surface area contributed by atoms with Gasteiger partial charge in [0.15, 0.2) is 11.5 Å². The van der Waals surface area contributed by atoms with Crippen molar-refractivity contribution in [3.63, 3.8) is 0 Å². The Morgan fingerprint density at radius 3 is 2.42 bits per heavy atom. The number of sulfonamides is 1. The Morgan fingerprint density at radius 1 is 0.939 bits per heavy atom. The van der Waals surface area contributed by atoms with Crippen LogP contribution in [0.4, 0.5) is 0 Å². The third kappa shape index (κ3) is 5.35. The highest BCUT2D eigenvalue weighted by atomic mass is 32.2. The van der Waals surface area contributed by atoms with E-state index >= 15 is 0 Å². The van der Waals surface area contributed by atoms with Gasteiger partial charge in [0, 0.05) is 25.7 Å². The number of fused-ring (bicyclic) bond motifs is 1. The quantitative estimate of drug-likeness (QED) is 0.576. The summed E-state index contributed by atoms with van der Waals surface area (Å²) in [6, 6.07) is 19.6. The van der Waals surface area contributed by atoms with Crippen molar-refractivity contribution in [2.24, 2.45) is 0 Å². The van der Waals surface area contributed by atoms with Gasteiger partial charge in [0.1, 0.15) is 13.2 Å². The van der Waals surface area contributed by atoms with E-state index in [1.54, 1.807) is 31.0 Å². The van der Waals surface area contributed by atoms with Gasteiger partial charge in [0.2, 0.25) is 10.0 Å². The summed E-state index contributed by atoms with van der Waals surface area (Å²) < 4.78 is 39.6. The summed E-state index contributed by atoms with van der Waals surface area (Å²) >= 11 is 0. The number of carbonyl (C=O) groups is 1. The maximum Gasteiger partial charge on any atom is 0.253 e. The zero-order chi connectivity index (χ0) is 23.4. The maximum atomic E-state index is 13.1. The van der Waals surface area contributed by atoms with Gasteiger partial charge in [-0.1, -0.05) is 42.5 Å². The standard InChI is InChI=1S/C25H26N2O5S/c1-18-8-10-21(15-24(18)33(29,30)26-16-19-6-4-3-5-7-19)25(28)27(2)17-20-9-11-22-23(14-20)32-13-12-31-22/h3-11,14-15,26H,12-13,16-17H2,1-2H3. The Kier molecular flexibility index (Phi) is 6.67. The molecular weight excluding hydrogens is 440 g/mol. The molecule has 0 bridgehead atoms. The van der Waals surface area contributed by atoms with Gasteiger partial charge in [0.05, 0.1) is 4.90 Å². The lowest BCUT2D eigenvalue weighted by atomic mass is 10.1. The first-order valence-corrected chi connectivity index (χ1v) is 12.1. The molecule has 3 aromatic carbocycles. The summed E-state index contributed by atoms with van der Waals surface area (Å²) in [4.78, 5) is 14.7. The van der Waals surface area contributed by atoms with E-state index in [0.29, 0.717) is 42.4 Å². The zero-order valence-electron chi connectivity index (χ0n) is 18.6. The lowest BCUT2D eigenvalue weighted by Crippen LogP contribution is -2.28. The normalized spacial score (nSPS) is 12.9. The number of hydrogen-bond acceptors (Lipinski definition) is 5. The van der Waals surface area contributed by atoms with Crippen LogP contribution in [-0.4, -0.2) is 39.5 Å². The molecule has 1 aliphatic rings. The molecule has 0 saturated carbocycles. The van der Waals surface area contributed by atoms with E-state index in [1.165, 1.54) is 6.07 Å².